The molecule has 1 aliphatic carbocycles. The molecule has 15 heavy (non-hydrogen) atoms. The van der Waals surface area contributed by atoms with Crippen molar-refractivity contribution in [3.63, 3.8) is 0 Å². The molecule has 1 fully saturated rings. The first-order valence-electron chi connectivity index (χ1n) is 5.15. The van der Waals surface area contributed by atoms with Crippen molar-refractivity contribution in [2.45, 2.75) is 25.3 Å². The number of halogens is 1. The van der Waals surface area contributed by atoms with Crippen LogP contribution in [-0.2, 0) is 0 Å². The molecule has 0 heterocycles. The molecule has 0 amide bonds. The van der Waals surface area contributed by atoms with E-state index in [-0.39, 0.29) is 0 Å². The predicted octanol–water partition coefficient (Wildman–Crippen LogP) is 3.20. The standard InChI is InChI=1S/C12H13ClN2/c1-15(11-3-2-4-11)12-7-10(13)6-5-9(12)8-14/h5-7,11H,2-4H2,1H3. The van der Waals surface area contributed by atoms with E-state index >= 15 is 0 Å². The van der Waals surface area contributed by atoms with E-state index in [2.05, 4.69) is 11.0 Å². The van der Waals surface area contributed by atoms with Gasteiger partial charge >= 0.3 is 0 Å². The lowest BCUT2D eigenvalue weighted by atomic mass is 9.91. The lowest BCUT2D eigenvalue weighted by molar-refractivity contribution is 0.401. The van der Waals surface area contributed by atoms with Crippen LogP contribution in [0, 0.1) is 11.3 Å². The maximum absolute atomic E-state index is 9.01. The Balaban J connectivity index is 2.32. The third-order valence-corrected chi connectivity index (χ3v) is 3.32. The molecular weight excluding hydrogens is 208 g/mol. The normalized spacial score (nSPS) is 15.5. The lowest BCUT2D eigenvalue weighted by Gasteiger charge is -2.36. The third-order valence-electron chi connectivity index (χ3n) is 3.08. The van der Waals surface area contributed by atoms with Gasteiger partial charge in [-0.25, -0.2) is 0 Å². The van der Waals surface area contributed by atoms with E-state index < -0.39 is 0 Å². The molecule has 0 aliphatic heterocycles. The Hall–Kier alpha value is -1.20. The molecule has 2 nitrogen and oxygen atoms in total. The van der Waals surface area contributed by atoms with Gasteiger partial charge in [-0.3, -0.25) is 0 Å². The number of nitriles is 1. The molecule has 0 spiro atoms. The highest BCUT2D eigenvalue weighted by Crippen LogP contribution is 2.31. The molecule has 0 unspecified atom stereocenters. The molecule has 2 rings (SSSR count). The highest BCUT2D eigenvalue weighted by atomic mass is 35.5. The van der Waals surface area contributed by atoms with Gasteiger partial charge in [0.15, 0.2) is 0 Å². The van der Waals surface area contributed by atoms with E-state index in [1.165, 1.54) is 19.3 Å². The monoisotopic (exact) mass is 220 g/mol. The van der Waals surface area contributed by atoms with Crippen LogP contribution in [0.25, 0.3) is 0 Å². The molecule has 0 bridgehead atoms. The first-order chi connectivity index (χ1) is 7.22. The van der Waals surface area contributed by atoms with Gasteiger partial charge in [-0.15, -0.1) is 0 Å². The first-order valence-corrected chi connectivity index (χ1v) is 5.52. The molecule has 1 aliphatic rings. The number of hydrogen-bond donors (Lipinski definition) is 0. The van der Waals surface area contributed by atoms with E-state index in [1.807, 2.05) is 13.1 Å². The quantitative estimate of drug-likeness (QED) is 0.766. The van der Waals surface area contributed by atoms with Crippen LogP contribution in [0.5, 0.6) is 0 Å². The van der Waals surface area contributed by atoms with Gasteiger partial charge in [0.05, 0.1) is 11.3 Å². The average Bonchev–Trinajstić information content (AvgIpc) is 2.15. The van der Waals surface area contributed by atoms with Gasteiger partial charge in [0.1, 0.15) is 6.07 Å². The topological polar surface area (TPSA) is 27.0 Å². The molecule has 0 atom stereocenters. The van der Waals surface area contributed by atoms with E-state index in [9.17, 15) is 0 Å². The summed E-state index contributed by atoms with van der Waals surface area (Å²) < 4.78 is 0. The van der Waals surface area contributed by atoms with Crippen molar-refractivity contribution in [3.05, 3.63) is 28.8 Å². The van der Waals surface area contributed by atoms with Gasteiger partial charge < -0.3 is 4.90 Å². The van der Waals surface area contributed by atoms with Crippen molar-refractivity contribution >= 4 is 17.3 Å². The largest absolute Gasteiger partial charge is 0.371 e. The number of anilines is 1. The van der Waals surface area contributed by atoms with Crippen molar-refractivity contribution in [1.82, 2.24) is 0 Å². The number of nitrogens with zero attached hydrogens (tertiary/aromatic N) is 2. The SMILES string of the molecule is CN(c1cc(Cl)ccc1C#N)C1CCC1. The number of benzene rings is 1. The van der Waals surface area contributed by atoms with Crippen molar-refractivity contribution < 1.29 is 0 Å². The lowest BCUT2D eigenvalue weighted by Crippen LogP contribution is -2.37. The predicted molar refractivity (Wildman–Crippen MR) is 62.2 cm³/mol. The van der Waals surface area contributed by atoms with Gasteiger partial charge in [-0.2, -0.15) is 5.26 Å². The summed E-state index contributed by atoms with van der Waals surface area (Å²) in [4.78, 5) is 2.17. The van der Waals surface area contributed by atoms with Gasteiger partial charge in [-0.05, 0) is 37.5 Å². The zero-order valence-corrected chi connectivity index (χ0v) is 9.46. The van der Waals surface area contributed by atoms with E-state index in [4.69, 9.17) is 16.9 Å². The van der Waals surface area contributed by atoms with Crippen molar-refractivity contribution in [3.8, 4) is 6.07 Å². The Labute approximate surface area is 95.1 Å². The molecule has 3 heteroatoms. The summed E-state index contributed by atoms with van der Waals surface area (Å²) in [6.45, 7) is 0. The summed E-state index contributed by atoms with van der Waals surface area (Å²) in [5.41, 5.74) is 1.66. The zero-order valence-electron chi connectivity index (χ0n) is 8.70. The summed E-state index contributed by atoms with van der Waals surface area (Å²) in [6, 6.07) is 8.21. The van der Waals surface area contributed by atoms with Crippen LogP contribution in [0.1, 0.15) is 24.8 Å². The Morgan fingerprint density at radius 2 is 2.20 bits per heavy atom. The second-order valence-electron chi connectivity index (χ2n) is 3.97. The van der Waals surface area contributed by atoms with Crippen LogP contribution < -0.4 is 4.90 Å². The van der Waals surface area contributed by atoms with Crippen molar-refractivity contribution in [2.24, 2.45) is 0 Å². The summed E-state index contributed by atoms with van der Waals surface area (Å²) in [5, 5.41) is 9.70. The summed E-state index contributed by atoms with van der Waals surface area (Å²) >= 11 is 5.95. The molecule has 1 aromatic rings. The fourth-order valence-electron chi connectivity index (χ4n) is 1.86. The Morgan fingerprint density at radius 3 is 2.73 bits per heavy atom. The number of hydrogen-bond acceptors (Lipinski definition) is 2. The average molecular weight is 221 g/mol. The van der Waals surface area contributed by atoms with E-state index in [0.29, 0.717) is 16.6 Å². The van der Waals surface area contributed by atoms with Gasteiger partial charge in [-0.1, -0.05) is 11.6 Å². The first kappa shape index (κ1) is 10.3. The smallest absolute Gasteiger partial charge is 0.101 e. The summed E-state index contributed by atoms with van der Waals surface area (Å²) in [7, 11) is 2.04. The van der Waals surface area contributed by atoms with Crippen molar-refractivity contribution in [2.75, 3.05) is 11.9 Å². The van der Waals surface area contributed by atoms with Crippen molar-refractivity contribution in [1.29, 1.82) is 5.26 Å². The van der Waals surface area contributed by atoms with Gasteiger partial charge in [0.2, 0.25) is 0 Å². The summed E-state index contributed by atoms with van der Waals surface area (Å²) in [5.74, 6) is 0. The Morgan fingerprint density at radius 1 is 1.47 bits per heavy atom. The molecule has 78 valence electrons. The molecular formula is C12H13ClN2. The minimum atomic E-state index is 0.579. The minimum Gasteiger partial charge on any atom is -0.371 e. The van der Waals surface area contributed by atoms with Crippen LogP contribution >= 0.6 is 11.6 Å². The van der Waals surface area contributed by atoms with Gasteiger partial charge in [0.25, 0.3) is 0 Å². The minimum absolute atomic E-state index is 0.579. The number of rotatable bonds is 2. The van der Waals surface area contributed by atoms with E-state index in [1.54, 1.807) is 12.1 Å². The fourth-order valence-corrected chi connectivity index (χ4v) is 2.03. The maximum Gasteiger partial charge on any atom is 0.101 e. The second-order valence-corrected chi connectivity index (χ2v) is 4.41. The van der Waals surface area contributed by atoms with Crippen LogP contribution in [0.3, 0.4) is 0 Å². The van der Waals surface area contributed by atoms with Gasteiger partial charge in [0, 0.05) is 18.1 Å². The van der Waals surface area contributed by atoms with Crippen LogP contribution in [0.4, 0.5) is 5.69 Å². The van der Waals surface area contributed by atoms with Crippen LogP contribution in [0.2, 0.25) is 5.02 Å². The molecule has 0 saturated heterocycles. The highest BCUT2D eigenvalue weighted by molar-refractivity contribution is 6.30. The maximum atomic E-state index is 9.01. The molecule has 1 aromatic carbocycles. The summed E-state index contributed by atoms with van der Waals surface area (Å²) in [6.07, 6.45) is 3.72. The fraction of sp³-hybridized carbons (Fsp3) is 0.417. The van der Waals surface area contributed by atoms with Crippen LogP contribution in [-0.4, -0.2) is 13.1 Å². The molecule has 1 saturated carbocycles. The van der Waals surface area contributed by atoms with E-state index in [0.717, 1.165) is 5.69 Å². The second kappa shape index (κ2) is 4.12. The molecule has 0 aromatic heterocycles. The van der Waals surface area contributed by atoms with Crippen LogP contribution in [0.15, 0.2) is 18.2 Å². The highest BCUT2D eigenvalue weighted by Gasteiger charge is 2.23. The zero-order chi connectivity index (χ0) is 10.8. The third kappa shape index (κ3) is 1.93. The molecule has 0 N–H and O–H groups in total. The Kier molecular flexibility index (Phi) is 2.83. The Bertz CT molecular complexity index is 405. The molecule has 0 radical (unpaired) electrons.